The van der Waals surface area contributed by atoms with Crippen LogP contribution in [0, 0.1) is 0 Å². The number of hydrogen-bond acceptors (Lipinski definition) is 8. The summed E-state index contributed by atoms with van der Waals surface area (Å²) in [5.41, 5.74) is 4.37. The molecule has 6 atom stereocenters. The average molecular weight is 569 g/mol. The van der Waals surface area contributed by atoms with Crippen molar-refractivity contribution in [2.45, 2.75) is 89.4 Å². The van der Waals surface area contributed by atoms with E-state index in [1.807, 2.05) is 33.1 Å². The fourth-order valence-corrected chi connectivity index (χ4v) is 4.11. The zero-order valence-electron chi connectivity index (χ0n) is 25.3. The molecule has 0 aliphatic carbocycles. The van der Waals surface area contributed by atoms with Crippen LogP contribution in [0.3, 0.4) is 0 Å². The third-order valence-corrected chi connectivity index (χ3v) is 6.25. The minimum Gasteiger partial charge on any atom is -0.444 e. The van der Waals surface area contributed by atoms with E-state index in [1.54, 1.807) is 46.4 Å². The molecule has 3 saturated heterocycles. The highest BCUT2D eigenvalue weighted by molar-refractivity contribution is 5.69. The molecule has 2 amide bonds. The van der Waals surface area contributed by atoms with Gasteiger partial charge in [0.2, 0.25) is 0 Å². The zero-order valence-corrected chi connectivity index (χ0v) is 25.3. The topological polar surface area (TPSA) is 104 Å². The molecule has 0 saturated carbocycles. The Morgan fingerprint density at radius 3 is 1.44 bits per heavy atom. The fraction of sp³-hybridized carbons (Fsp3) is 0.923. The van der Waals surface area contributed by atoms with Crippen molar-refractivity contribution in [1.29, 1.82) is 0 Å². The van der Waals surface area contributed by atoms with Gasteiger partial charge in [0.1, 0.15) is 29.7 Å². The quantitative estimate of drug-likeness (QED) is 0.523. The second-order valence-electron chi connectivity index (χ2n) is 12.7. The Hall–Kier alpha value is -1.83. The van der Waals surface area contributed by atoms with Gasteiger partial charge in [-0.15, -0.1) is 0 Å². The summed E-state index contributed by atoms with van der Waals surface area (Å²) in [5.74, 6) is 0. The normalized spacial score (nSPS) is 29.1. The van der Waals surface area contributed by atoms with Crippen LogP contribution in [-0.2, 0) is 9.47 Å². The molecule has 0 bridgehead atoms. The van der Waals surface area contributed by atoms with E-state index in [1.165, 1.54) is 9.80 Å². The Kier molecular flexibility index (Phi) is 13.3. The number of nitrogens with two attached hydrogens (primary N) is 1. The molecule has 0 aromatic heterocycles. The summed E-state index contributed by atoms with van der Waals surface area (Å²) in [7, 11) is 7.44. The summed E-state index contributed by atoms with van der Waals surface area (Å²) in [6, 6.07) is -0.722. The van der Waals surface area contributed by atoms with Gasteiger partial charge in [0.15, 0.2) is 0 Å². The lowest BCUT2D eigenvalue weighted by Gasteiger charge is -2.24. The van der Waals surface area contributed by atoms with Crippen LogP contribution in [0.5, 0.6) is 0 Å². The van der Waals surface area contributed by atoms with Gasteiger partial charge in [0.05, 0.1) is 31.2 Å². The van der Waals surface area contributed by atoms with Gasteiger partial charge in [-0.2, -0.15) is 0 Å². The summed E-state index contributed by atoms with van der Waals surface area (Å²) < 4.78 is 49.6. The first-order valence-corrected chi connectivity index (χ1v) is 13.4. The Labute approximate surface area is 232 Å². The fourth-order valence-electron chi connectivity index (χ4n) is 4.11. The van der Waals surface area contributed by atoms with Gasteiger partial charge in [-0.05, 0) is 69.7 Å². The predicted molar refractivity (Wildman–Crippen MR) is 146 cm³/mol. The highest BCUT2D eigenvalue weighted by atomic mass is 19.1. The molecule has 0 spiro atoms. The largest absolute Gasteiger partial charge is 0.444 e. The number of alkyl halides is 3. The number of nitrogens with one attached hydrogen (secondary N) is 1. The Bertz CT molecular complexity index is 768. The number of likely N-dealkylation sites (N-methyl/N-ethyl adjacent to an activating group) is 2. The third-order valence-electron chi connectivity index (χ3n) is 6.25. The predicted octanol–water partition coefficient (Wildman–Crippen LogP) is 2.27. The van der Waals surface area contributed by atoms with Crippen molar-refractivity contribution >= 4 is 12.2 Å². The van der Waals surface area contributed by atoms with Crippen LogP contribution in [0.25, 0.3) is 0 Å². The van der Waals surface area contributed by atoms with E-state index in [9.17, 15) is 22.8 Å². The molecule has 0 unspecified atom stereocenters. The number of carbonyl (C=O) groups excluding carboxylic acids is 2. The molecule has 39 heavy (non-hydrogen) atoms. The van der Waals surface area contributed by atoms with Gasteiger partial charge in [-0.25, -0.2) is 22.8 Å². The summed E-state index contributed by atoms with van der Waals surface area (Å²) in [5, 5.41) is 2.99. The van der Waals surface area contributed by atoms with E-state index in [0.29, 0.717) is 13.1 Å². The Balaban J connectivity index is 0.000000303. The van der Waals surface area contributed by atoms with Crippen LogP contribution in [0.2, 0.25) is 0 Å². The van der Waals surface area contributed by atoms with E-state index < -0.39 is 47.9 Å². The maximum Gasteiger partial charge on any atom is 0.410 e. The third kappa shape index (κ3) is 12.5. The van der Waals surface area contributed by atoms with E-state index >= 15 is 0 Å². The lowest BCUT2D eigenvalue weighted by atomic mass is 10.2. The van der Waals surface area contributed by atoms with E-state index in [4.69, 9.17) is 15.2 Å². The molecule has 3 aliphatic heterocycles. The zero-order chi connectivity index (χ0) is 30.3. The highest BCUT2D eigenvalue weighted by Crippen LogP contribution is 2.20. The minimum atomic E-state index is -1.14. The Morgan fingerprint density at radius 2 is 1.15 bits per heavy atom. The van der Waals surface area contributed by atoms with Crippen molar-refractivity contribution in [3.8, 4) is 0 Å². The number of carbonyl (C=O) groups is 2. The number of hydrogen-bond donors (Lipinski definition) is 2. The van der Waals surface area contributed by atoms with Crippen LogP contribution in [-0.4, -0.2) is 147 Å². The van der Waals surface area contributed by atoms with Crippen LogP contribution in [0.1, 0.15) is 41.5 Å². The van der Waals surface area contributed by atoms with E-state index in [0.717, 1.165) is 6.54 Å². The summed E-state index contributed by atoms with van der Waals surface area (Å²) in [6.45, 7) is 12.8. The molecule has 0 aromatic rings. The lowest BCUT2D eigenvalue weighted by molar-refractivity contribution is 0.0271. The molecule has 0 aromatic carbocycles. The van der Waals surface area contributed by atoms with Gasteiger partial charge < -0.3 is 40.1 Å². The lowest BCUT2D eigenvalue weighted by Crippen LogP contribution is -2.38. The molecule has 0 radical (unpaired) electrons. The SMILES string of the molecule is CC(C)(C)OC(=O)N1C[C@@H](F)[C@@H](N)C1.CN(C)[C@H]1CN(C(=O)OC(C)(C)C)C[C@H]1F.CN(C)[C@H]1CNC[C@H]1F. The van der Waals surface area contributed by atoms with Gasteiger partial charge in [0.25, 0.3) is 0 Å². The van der Waals surface area contributed by atoms with Crippen molar-refractivity contribution in [2.24, 2.45) is 5.73 Å². The first-order chi connectivity index (χ1) is 17.7. The van der Waals surface area contributed by atoms with E-state index in [2.05, 4.69) is 5.32 Å². The molecule has 3 N–H and O–H groups in total. The molecule has 3 heterocycles. The van der Waals surface area contributed by atoms with Gasteiger partial charge in [-0.1, -0.05) is 0 Å². The van der Waals surface area contributed by atoms with Crippen LogP contribution in [0.15, 0.2) is 0 Å². The monoisotopic (exact) mass is 568 g/mol. The number of ether oxygens (including phenoxy) is 2. The van der Waals surface area contributed by atoms with Crippen molar-refractivity contribution < 1.29 is 32.2 Å². The molecule has 230 valence electrons. The molecule has 3 fully saturated rings. The minimum absolute atomic E-state index is 0.0378. The van der Waals surface area contributed by atoms with Crippen molar-refractivity contribution in [3.05, 3.63) is 0 Å². The number of rotatable bonds is 2. The van der Waals surface area contributed by atoms with Gasteiger partial charge >= 0.3 is 12.2 Å². The second-order valence-corrected chi connectivity index (χ2v) is 12.7. The number of amides is 2. The standard InChI is InChI=1S/C11H21FN2O2.C9H17FN2O2.C6H13FN2/c1-11(2,3)16-10(15)14-6-8(12)9(7-14)13(4)5;1-9(2,3)14-8(13)12-4-6(10)7(11)5-12;1-9(2)6-4-8-3-5(6)7/h8-9H,6-7H2,1-5H3;6-7H,4-5,11H2,1-3H3;5-6,8H,3-4H2,1-2H3/t8-,9+;6-,7+;5-,6+/m111/s1. The molecular formula is C26H51F3N6O4. The number of halogens is 3. The van der Waals surface area contributed by atoms with Crippen molar-refractivity contribution in [3.63, 3.8) is 0 Å². The van der Waals surface area contributed by atoms with Crippen LogP contribution < -0.4 is 11.1 Å². The molecule has 3 aliphatic rings. The summed E-state index contributed by atoms with van der Waals surface area (Å²) in [6.07, 6.45) is -3.74. The first kappa shape index (κ1) is 35.2. The van der Waals surface area contributed by atoms with Crippen LogP contribution in [0.4, 0.5) is 22.8 Å². The van der Waals surface area contributed by atoms with Gasteiger partial charge in [-0.3, -0.25) is 0 Å². The molecular weight excluding hydrogens is 517 g/mol. The maximum atomic E-state index is 13.6. The smallest absolute Gasteiger partial charge is 0.410 e. The molecule has 3 rings (SSSR count). The molecule has 10 nitrogen and oxygen atoms in total. The van der Waals surface area contributed by atoms with Crippen molar-refractivity contribution in [2.75, 3.05) is 67.5 Å². The molecule has 13 heteroatoms. The second kappa shape index (κ2) is 14.7. The Morgan fingerprint density at radius 1 is 0.718 bits per heavy atom. The average Bonchev–Trinajstić information content (AvgIpc) is 3.45. The summed E-state index contributed by atoms with van der Waals surface area (Å²) in [4.78, 5) is 29.6. The van der Waals surface area contributed by atoms with Gasteiger partial charge in [0, 0.05) is 26.2 Å². The highest BCUT2D eigenvalue weighted by Gasteiger charge is 2.38. The van der Waals surface area contributed by atoms with Crippen LogP contribution >= 0.6 is 0 Å². The van der Waals surface area contributed by atoms with E-state index in [-0.39, 0.29) is 31.7 Å². The van der Waals surface area contributed by atoms with Crippen molar-refractivity contribution in [1.82, 2.24) is 24.9 Å². The maximum absolute atomic E-state index is 13.6. The summed E-state index contributed by atoms with van der Waals surface area (Å²) >= 11 is 0. The number of nitrogens with zero attached hydrogens (tertiary/aromatic N) is 4. The number of likely N-dealkylation sites (tertiary alicyclic amines) is 2. The first-order valence-electron chi connectivity index (χ1n) is 13.4.